The number of hydrogen-bond acceptors (Lipinski definition) is 4. The third kappa shape index (κ3) is 5.31. The van der Waals surface area contributed by atoms with Crippen molar-refractivity contribution in [1.29, 1.82) is 0 Å². The molecule has 2 saturated heterocycles. The van der Waals surface area contributed by atoms with Crippen LogP contribution in [0.1, 0.15) is 32.6 Å². The van der Waals surface area contributed by atoms with Crippen LogP contribution in [-0.4, -0.2) is 66.5 Å². The highest BCUT2D eigenvalue weighted by Crippen LogP contribution is 2.27. The van der Waals surface area contributed by atoms with Gasteiger partial charge in [0.05, 0.1) is 6.04 Å². The van der Waals surface area contributed by atoms with Gasteiger partial charge in [0.15, 0.2) is 0 Å². The predicted molar refractivity (Wildman–Crippen MR) is 110 cm³/mol. The second-order valence-electron chi connectivity index (χ2n) is 7.56. The summed E-state index contributed by atoms with van der Waals surface area (Å²) in [5.74, 6) is 0.831. The van der Waals surface area contributed by atoms with Crippen molar-refractivity contribution in [2.45, 2.75) is 50.8 Å². The average molecular weight is 428 g/mol. The molecule has 2 aliphatic rings. The zero-order valence-electron chi connectivity index (χ0n) is 16.3. The molecule has 0 aliphatic carbocycles. The maximum Gasteiger partial charge on any atom is 0.240 e. The highest BCUT2D eigenvalue weighted by molar-refractivity contribution is 6.34. The van der Waals surface area contributed by atoms with Gasteiger partial charge in [0.2, 0.25) is 11.8 Å². The van der Waals surface area contributed by atoms with Gasteiger partial charge in [-0.05, 0) is 31.7 Å². The molecule has 154 valence electrons. The van der Waals surface area contributed by atoms with E-state index in [0.29, 0.717) is 48.3 Å². The van der Waals surface area contributed by atoms with Gasteiger partial charge in [-0.3, -0.25) is 14.5 Å². The van der Waals surface area contributed by atoms with E-state index in [1.54, 1.807) is 18.2 Å². The zero-order chi connectivity index (χ0) is 20.3. The van der Waals surface area contributed by atoms with Gasteiger partial charge in [-0.1, -0.05) is 30.1 Å². The molecule has 1 aromatic rings. The van der Waals surface area contributed by atoms with Gasteiger partial charge in [0, 0.05) is 55.0 Å². The van der Waals surface area contributed by atoms with E-state index in [0.717, 1.165) is 12.8 Å². The number of nitrogens with zero attached hydrogens (tertiary/aromatic N) is 2. The Labute approximate surface area is 176 Å². The number of rotatable bonds is 5. The van der Waals surface area contributed by atoms with Crippen molar-refractivity contribution in [2.75, 3.05) is 26.7 Å². The van der Waals surface area contributed by atoms with Crippen molar-refractivity contribution in [3.63, 3.8) is 0 Å². The average Bonchev–Trinajstić information content (AvgIpc) is 3.01. The summed E-state index contributed by atoms with van der Waals surface area (Å²) in [6.07, 6.45) is 2.70. The number of amides is 2. The quantitative estimate of drug-likeness (QED) is 0.784. The van der Waals surface area contributed by atoms with Gasteiger partial charge in [0.25, 0.3) is 0 Å². The molecule has 2 atom stereocenters. The Bertz CT molecular complexity index is 702. The molecule has 2 fully saturated rings. The van der Waals surface area contributed by atoms with Crippen LogP contribution in [0.4, 0.5) is 0 Å². The van der Waals surface area contributed by atoms with Crippen molar-refractivity contribution >= 4 is 35.0 Å². The Morgan fingerprint density at radius 1 is 1.18 bits per heavy atom. The molecule has 2 aliphatic heterocycles. The highest BCUT2D eigenvalue weighted by atomic mass is 35.5. The minimum atomic E-state index is -0.175. The van der Waals surface area contributed by atoms with E-state index in [4.69, 9.17) is 27.9 Å². The standard InChI is InChI=1S/C20H27Cl2N3O3/c1-3-19(26)23-15-11-18(24(2)12-15)20(27)25-6-4-16(5-7-25)28-17-9-13(21)8-14(22)10-17/h8-10,15-16,18H,3-7,11-12H2,1-2H3,(H,23,26)/t15-,18+/m1/s1. The van der Waals surface area contributed by atoms with E-state index in [2.05, 4.69) is 5.32 Å². The molecule has 6 nitrogen and oxygen atoms in total. The smallest absolute Gasteiger partial charge is 0.240 e. The molecule has 3 rings (SSSR count). The second kappa shape index (κ2) is 9.33. The van der Waals surface area contributed by atoms with E-state index in [1.165, 1.54) is 0 Å². The monoisotopic (exact) mass is 427 g/mol. The number of nitrogens with one attached hydrogen (secondary N) is 1. The number of benzene rings is 1. The number of ether oxygens (including phenoxy) is 1. The van der Waals surface area contributed by atoms with Crippen molar-refractivity contribution in [3.8, 4) is 5.75 Å². The first-order valence-electron chi connectivity index (χ1n) is 9.77. The normalized spacial score (nSPS) is 23.6. The molecular weight excluding hydrogens is 401 g/mol. The second-order valence-corrected chi connectivity index (χ2v) is 8.43. The fraction of sp³-hybridized carbons (Fsp3) is 0.600. The molecular formula is C20H27Cl2N3O3. The number of halogens is 2. The lowest BCUT2D eigenvalue weighted by atomic mass is 10.0. The summed E-state index contributed by atoms with van der Waals surface area (Å²) in [7, 11) is 1.94. The van der Waals surface area contributed by atoms with Crippen LogP contribution >= 0.6 is 23.2 Å². The van der Waals surface area contributed by atoms with Crippen LogP contribution in [0.25, 0.3) is 0 Å². The summed E-state index contributed by atoms with van der Waals surface area (Å²) in [5.41, 5.74) is 0. The number of likely N-dealkylation sites (tertiary alicyclic amines) is 2. The Kier molecular flexibility index (Phi) is 7.07. The highest BCUT2D eigenvalue weighted by Gasteiger charge is 2.38. The molecule has 1 aromatic carbocycles. The van der Waals surface area contributed by atoms with Gasteiger partial charge in [0.1, 0.15) is 11.9 Å². The maximum atomic E-state index is 13.0. The summed E-state index contributed by atoms with van der Waals surface area (Å²) in [5, 5.41) is 4.09. The van der Waals surface area contributed by atoms with Gasteiger partial charge in [-0.15, -0.1) is 0 Å². The van der Waals surface area contributed by atoms with Gasteiger partial charge < -0.3 is 15.0 Å². The summed E-state index contributed by atoms with van der Waals surface area (Å²) < 4.78 is 6.00. The first-order valence-corrected chi connectivity index (χ1v) is 10.5. The summed E-state index contributed by atoms with van der Waals surface area (Å²) >= 11 is 12.0. The van der Waals surface area contributed by atoms with Gasteiger partial charge in [-0.25, -0.2) is 0 Å². The first kappa shape index (κ1) is 21.2. The number of hydrogen-bond donors (Lipinski definition) is 1. The Balaban J connectivity index is 1.50. The van der Waals surface area contributed by atoms with E-state index < -0.39 is 0 Å². The summed E-state index contributed by atoms with van der Waals surface area (Å²) in [6, 6.07) is 5.05. The van der Waals surface area contributed by atoms with Crippen LogP contribution in [0, 0.1) is 0 Å². The molecule has 0 spiro atoms. The van der Waals surface area contributed by atoms with E-state index >= 15 is 0 Å². The van der Waals surface area contributed by atoms with Gasteiger partial charge >= 0.3 is 0 Å². The lowest BCUT2D eigenvalue weighted by Gasteiger charge is -2.34. The van der Waals surface area contributed by atoms with Crippen LogP contribution in [0.2, 0.25) is 10.0 Å². The third-order valence-corrected chi connectivity index (χ3v) is 5.85. The summed E-state index contributed by atoms with van der Waals surface area (Å²) in [6.45, 7) is 3.86. The van der Waals surface area contributed by atoms with Crippen molar-refractivity contribution < 1.29 is 14.3 Å². The molecule has 2 heterocycles. The minimum Gasteiger partial charge on any atom is -0.490 e. The van der Waals surface area contributed by atoms with E-state index in [9.17, 15) is 9.59 Å². The molecule has 0 unspecified atom stereocenters. The Morgan fingerprint density at radius 2 is 1.82 bits per heavy atom. The van der Waals surface area contributed by atoms with Crippen LogP contribution in [0.3, 0.4) is 0 Å². The SMILES string of the molecule is CCC(=O)N[C@@H]1C[C@@H](C(=O)N2CCC(Oc3cc(Cl)cc(Cl)c3)CC2)N(C)C1. The first-order chi connectivity index (χ1) is 13.4. The predicted octanol–water partition coefficient (Wildman–Crippen LogP) is 2.96. The molecule has 0 radical (unpaired) electrons. The summed E-state index contributed by atoms with van der Waals surface area (Å²) in [4.78, 5) is 28.5. The Morgan fingerprint density at radius 3 is 2.43 bits per heavy atom. The molecule has 0 bridgehead atoms. The number of likely N-dealkylation sites (N-methyl/N-ethyl adjacent to an activating group) is 1. The van der Waals surface area contributed by atoms with Crippen molar-refractivity contribution in [2.24, 2.45) is 0 Å². The van der Waals surface area contributed by atoms with Crippen LogP contribution in [-0.2, 0) is 9.59 Å². The minimum absolute atomic E-state index is 0.0329. The van der Waals surface area contributed by atoms with Crippen LogP contribution < -0.4 is 10.1 Å². The maximum absolute atomic E-state index is 13.0. The number of carbonyl (C=O) groups excluding carboxylic acids is 2. The van der Waals surface area contributed by atoms with Crippen LogP contribution in [0.5, 0.6) is 5.75 Å². The third-order valence-electron chi connectivity index (χ3n) is 5.41. The van der Waals surface area contributed by atoms with E-state index in [-0.39, 0.29) is 30.0 Å². The van der Waals surface area contributed by atoms with Crippen LogP contribution in [0.15, 0.2) is 18.2 Å². The van der Waals surface area contributed by atoms with Gasteiger partial charge in [-0.2, -0.15) is 0 Å². The van der Waals surface area contributed by atoms with E-state index in [1.807, 2.05) is 23.8 Å². The molecule has 1 N–H and O–H groups in total. The largest absolute Gasteiger partial charge is 0.490 e. The lowest BCUT2D eigenvalue weighted by molar-refractivity contribution is -0.137. The Hall–Kier alpha value is -1.50. The lowest BCUT2D eigenvalue weighted by Crippen LogP contribution is -2.48. The fourth-order valence-corrected chi connectivity index (χ4v) is 4.42. The fourth-order valence-electron chi connectivity index (χ4n) is 3.92. The number of carbonyl (C=O) groups is 2. The molecule has 0 saturated carbocycles. The molecule has 2 amide bonds. The van der Waals surface area contributed by atoms with Crippen molar-refractivity contribution in [1.82, 2.24) is 15.1 Å². The zero-order valence-corrected chi connectivity index (χ0v) is 17.8. The molecule has 8 heteroatoms. The molecule has 28 heavy (non-hydrogen) atoms. The topological polar surface area (TPSA) is 61.9 Å². The number of piperidine rings is 1. The van der Waals surface area contributed by atoms with Crippen molar-refractivity contribution in [3.05, 3.63) is 28.2 Å². The molecule has 0 aromatic heterocycles.